The molecule has 0 aliphatic rings. The lowest BCUT2D eigenvalue weighted by atomic mass is 10.1. The van der Waals surface area contributed by atoms with Crippen molar-refractivity contribution in [2.24, 2.45) is 0 Å². The molecule has 1 rings (SSSR count). The molecule has 0 unspecified atom stereocenters. The molecule has 0 radical (unpaired) electrons. The number of rotatable bonds is 5. The van der Waals surface area contributed by atoms with E-state index in [1.165, 1.54) is 11.8 Å². The van der Waals surface area contributed by atoms with Gasteiger partial charge in [-0.1, -0.05) is 19.1 Å². The zero-order valence-corrected chi connectivity index (χ0v) is 9.21. The minimum Gasteiger partial charge on any atom is -0.481 e. The fourth-order valence-electron chi connectivity index (χ4n) is 1.09. The Morgan fingerprint density at radius 2 is 1.87 bits per heavy atom. The van der Waals surface area contributed by atoms with Gasteiger partial charge in [-0.3, -0.25) is 9.59 Å². The molecule has 4 heteroatoms. The van der Waals surface area contributed by atoms with Crippen molar-refractivity contribution in [2.45, 2.75) is 18.2 Å². The van der Waals surface area contributed by atoms with E-state index in [1.54, 1.807) is 24.3 Å². The first kappa shape index (κ1) is 11.8. The van der Waals surface area contributed by atoms with Crippen LogP contribution in [0.2, 0.25) is 0 Å². The molecule has 1 aromatic rings. The third-order valence-corrected chi connectivity index (χ3v) is 2.86. The highest BCUT2D eigenvalue weighted by molar-refractivity contribution is 8.00. The second-order valence-corrected chi connectivity index (χ2v) is 4.03. The largest absolute Gasteiger partial charge is 0.481 e. The average molecular weight is 224 g/mol. The molecule has 0 atom stereocenters. The van der Waals surface area contributed by atoms with Crippen molar-refractivity contribution < 1.29 is 14.7 Å². The number of carbonyl (C=O) groups excluding carboxylic acids is 1. The van der Waals surface area contributed by atoms with Crippen LogP contribution < -0.4 is 0 Å². The van der Waals surface area contributed by atoms with E-state index in [0.717, 1.165) is 4.90 Å². The number of carboxylic acids is 1. The normalized spacial score (nSPS) is 9.93. The summed E-state index contributed by atoms with van der Waals surface area (Å²) in [4.78, 5) is 22.5. The van der Waals surface area contributed by atoms with E-state index in [2.05, 4.69) is 0 Å². The van der Waals surface area contributed by atoms with Gasteiger partial charge in [0.05, 0.1) is 5.75 Å². The van der Waals surface area contributed by atoms with Gasteiger partial charge in [0.1, 0.15) is 0 Å². The Morgan fingerprint density at radius 1 is 1.27 bits per heavy atom. The van der Waals surface area contributed by atoms with E-state index < -0.39 is 5.97 Å². The molecule has 0 saturated heterocycles. The number of aliphatic carboxylic acids is 1. The molecule has 1 aromatic carbocycles. The van der Waals surface area contributed by atoms with Gasteiger partial charge in [-0.25, -0.2) is 0 Å². The summed E-state index contributed by atoms with van der Waals surface area (Å²) in [5, 5.41) is 8.48. The quantitative estimate of drug-likeness (QED) is 0.616. The number of thioether (sulfide) groups is 1. The molecule has 0 bridgehead atoms. The fourth-order valence-corrected chi connectivity index (χ4v) is 1.70. The van der Waals surface area contributed by atoms with E-state index in [1.807, 2.05) is 6.92 Å². The molecule has 1 N–H and O–H groups in total. The second kappa shape index (κ2) is 5.56. The number of carboxylic acid groups (broad SMARTS) is 1. The average Bonchev–Trinajstić information content (AvgIpc) is 2.26. The first-order valence-corrected chi connectivity index (χ1v) is 5.60. The van der Waals surface area contributed by atoms with Crippen LogP contribution in [0.1, 0.15) is 23.7 Å². The summed E-state index contributed by atoms with van der Waals surface area (Å²) in [5.74, 6) is -0.695. The van der Waals surface area contributed by atoms with Crippen molar-refractivity contribution >= 4 is 23.5 Å². The van der Waals surface area contributed by atoms with E-state index in [9.17, 15) is 9.59 Å². The maximum atomic E-state index is 11.3. The van der Waals surface area contributed by atoms with Crippen molar-refractivity contribution in [3.8, 4) is 0 Å². The third kappa shape index (κ3) is 3.75. The molecule has 0 aliphatic heterocycles. The van der Waals surface area contributed by atoms with Gasteiger partial charge in [0, 0.05) is 16.9 Å². The molecule has 0 amide bonds. The van der Waals surface area contributed by atoms with Crippen LogP contribution in [0.15, 0.2) is 29.2 Å². The fraction of sp³-hybridized carbons (Fsp3) is 0.273. The van der Waals surface area contributed by atoms with Gasteiger partial charge in [-0.15, -0.1) is 11.8 Å². The first-order valence-electron chi connectivity index (χ1n) is 4.61. The summed E-state index contributed by atoms with van der Waals surface area (Å²) in [7, 11) is 0. The Hall–Kier alpha value is -1.29. The van der Waals surface area contributed by atoms with E-state index in [-0.39, 0.29) is 11.5 Å². The van der Waals surface area contributed by atoms with Crippen LogP contribution >= 0.6 is 11.8 Å². The number of carbonyl (C=O) groups is 2. The van der Waals surface area contributed by atoms with Crippen molar-refractivity contribution in [2.75, 3.05) is 5.75 Å². The summed E-state index contributed by atoms with van der Waals surface area (Å²) in [6.45, 7) is 1.81. The van der Waals surface area contributed by atoms with Crippen molar-refractivity contribution in [3.05, 3.63) is 29.8 Å². The van der Waals surface area contributed by atoms with Crippen molar-refractivity contribution in [1.82, 2.24) is 0 Å². The molecule has 0 heterocycles. The van der Waals surface area contributed by atoms with E-state index >= 15 is 0 Å². The van der Waals surface area contributed by atoms with Crippen LogP contribution in [0.5, 0.6) is 0 Å². The topological polar surface area (TPSA) is 54.4 Å². The summed E-state index contributed by atoms with van der Waals surface area (Å²) >= 11 is 1.25. The highest BCUT2D eigenvalue weighted by atomic mass is 32.2. The van der Waals surface area contributed by atoms with Crippen molar-refractivity contribution in [3.63, 3.8) is 0 Å². The molecule has 15 heavy (non-hydrogen) atoms. The number of ketones is 1. The smallest absolute Gasteiger partial charge is 0.313 e. The molecule has 80 valence electrons. The van der Waals surface area contributed by atoms with Gasteiger partial charge in [-0.05, 0) is 12.1 Å². The lowest BCUT2D eigenvalue weighted by molar-refractivity contribution is -0.133. The van der Waals surface area contributed by atoms with Crippen LogP contribution in [0.4, 0.5) is 0 Å². The maximum absolute atomic E-state index is 11.3. The number of Topliss-reactive ketones (excluding diaryl/α,β-unsaturated/α-hetero) is 1. The number of hydrogen-bond acceptors (Lipinski definition) is 3. The zero-order chi connectivity index (χ0) is 11.3. The Labute approximate surface area is 92.5 Å². The Kier molecular flexibility index (Phi) is 4.37. The van der Waals surface area contributed by atoms with Crippen molar-refractivity contribution in [1.29, 1.82) is 0 Å². The molecule has 3 nitrogen and oxygen atoms in total. The Bertz CT molecular complexity index is 357. The molecule has 0 aromatic heterocycles. The molecule has 0 spiro atoms. The monoisotopic (exact) mass is 224 g/mol. The summed E-state index contributed by atoms with van der Waals surface area (Å²) < 4.78 is 0. The minimum atomic E-state index is -0.839. The van der Waals surface area contributed by atoms with Gasteiger partial charge in [0.2, 0.25) is 0 Å². The summed E-state index contributed by atoms with van der Waals surface area (Å²) in [6.07, 6.45) is 0.488. The lowest BCUT2D eigenvalue weighted by Gasteiger charge is -2.00. The standard InChI is InChI=1S/C11H12O3S/c1-2-10(12)8-3-5-9(6-4-8)15-7-11(13)14/h3-6H,2,7H2,1H3,(H,13,14). The molecular weight excluding hydrogens is 212 g/mol. The molecular formula is C11H12O3S. The zero-order valence-electron chi connectivity index (χ0n) is 8.40. The maximum Gasteiger partial charge on any atom is 0.313 e. The highest BCUT2D eigenvalue weighted by Crippen LogP contribution is 2.18. The van der Waals surface area contributed by atoms with E-state index in [0.29, 0.717) is 12.0 Å². The van der Waals surface area contributed by atoms with Crippen LogP contribution in [0.25, 0.3) is 0 Å². The minimum absolute atomic E-state index is 0.0427. The predicted molar refractivity (Wildman–Crippen MR) is 59.4 cm³/mol. The highest BCUT2D eigenvalue weighted by Gasteiger charge is 2.03. The van der Waals surface area contributed by atoms with Crippen LogP contribution in [-0.4, -0.2) is 22.6 Å². The Balaban J connectivity index is 2.64. The van der Waals surface area contributed by atoms with Gasteiger partial charge in [0.25, 0.3) is 0 Å². The summed E-state index contributed by atoms with van der Waals surface area (Å²) in [5.41, 5.74) is 0.678. The molecule has 0 aliphatic carbocycles. The van der Waals surface area contributed by atoms with Crippen LogP contribution in [0.3, 0.4) is 0 Å². The molecule has 0 fully saturated rings. The Morgan fingerprint density at radius 3 is 2.33 bits per heavy atom. The SMILES string of the molecule is CCC(=O)c1ccc(SCC(=O)O)cc1. The van der Waals surface area contributed by atoms with Gasteiger partial charge in [-0.2, -0.15) is 0 Å². The van der Waals surface area contributed by atoms with Crippen LogP contribution in [0, 0.1) is 0 Å². The van der Waals surface area contributed by atoms with Gasteiger partial charge < -0.3 is 5.11 Å². The number of benzene rings is 1. The summed E-state index contributed by atoms with van der Waals surface area (Å²) in [6, 6.07) is 7.01. The third-order valence-electron chi connectivity index (χ3n) is 1.86. The van der Waals surface area contributed by atoms with E-state index in [4.69, 9.17) is 5.11 Å². The van der Waals surface area contributed by atoms with Gasteiger partial charge >= 0.3 is 5.97 Å². The lowest BCUT2D eigenvalue weighted by Crippen LogP contribution is -1.98. The van der Waals surface area contributed by atoms with Crippen LogP contribution in [-0.2, 0) is 4.79 Å². The number of hydrogen-bond donors (Lipinski definition) is 1. The second-order valence-electron chi connectivity index (χ2n) is 2.98. The predicted octanol–water partition coefficient (Wildman–Crippen LogP) is 2.46. The van der Waals surface area contributed by atoms with Gasteiger partial charge in [0.15, 0.2) is 5.78 Å². The first-order chi connectivity index (χ1) is 7.13. The molecule has 0 saturated carbocycles.